The predicted octanol–water partition coefficient (Wildman–Crippen LogP) is 2.01. The van der Waals surface area contributed by atoms with E-state index in [1.807, 2.05) is 0 Å². The van der Waals surface area contributed by atoms with E-state index in [1.165, 1.54) is 0 Å². The van der Waals surface area contributed by atoms with Crippen LogP contribution in [0.2, 0.25) is 0 Å². The van der Waals surface area contributed by atoms with Gasteiger partial charge in [0.1, 0.15) is 5.69 Å². The number of hydrogen-bond acceptors (Lipinski definition) is 5. The summed E-state index contributed by atoms with van der Waals surface area (Å²) < 4.78 is 6.93. The highest BCUT2D eigenvalue weighted by Crippen LogP contribution is 2.21. The molecule has 0 aliphatic carbocycles. The Kier molecular flexibility index (Phi) is 5.68. The van der Waals surface area contributed by atoms with Gasteiger partial charge in [0.15, 0.2) is 11.5 Å². The quantitative estimate of drug-likeness (QED) is 0.553. The lowest BCUT2D eigenvalue weighted by Gasteiger charge is -2.07. The smallest absolute Gasteiger partial charge is 0.276 e. The molecule has 1 aromatic carbocycles. The molecule has 0 aliphatic rings. The van der Waals surface area contributed by atoms with E-state index in [9.17, 15) is 9.59 Å². The fourth-order valence-electron chi connectivity index (χ4n) is 2.57. The second-order valence-corrected chi connectivity index (χ2v) is 5.95. The van der Waals surface area contributed by atoms with E-state index in [1.54, 1.807) is 60.5 Å². The van der Waals surface area contributed by atoms with Gasteiger partial charge in [-0.3, -0.25) is 14.3 Å². The van der Waals surface area contributed by atoms with Crippen LogP contribution in [0.5, 0.6) is 0 Å². The summed E-state index contributed by atoms with van der Waals surface area (Å²) in [5.74, 6) is 0.0433. The van der Waals surface area contributed by atoms with Gasteiger partial charge in [0.05, 0.1) is 6.26 Å². The predicted molar refractivity (Wildman–Crippen MR) is 101 cm³/mol. The monoisotopic (exact) mass is 367 g/mol. The minimum absolute atomic E-state index is 0.211. The van der Waals surface area contributed by atoms with Crippen LogP contribution in [0.3, 0.4) is 0 Å². The van der Waals surface area contributed by atoms with E-state index in [0.29, 0.717) is 42.2 Å². The number of furan rings is 1. The maximum absolute atomic E-state index is 12.5. The topological polar surface area (TPSA) is 115 Å². The molecule has 0 radical (unpaired) electrons. The minimum atomic E-state index is -0.371. The van der Waals surface area contributed by atoms with Gasteiger partial charge in [-0.25, -0.2) is 0 Å². The van der Waals surface area contributed by atoms with Crippen molar-refractivity contribution in [3.63, 3.8) is 0 Å². The normalized spacial score (nSPS) is 10.6. The third-order valence-electron chi connectivity index (χ3n) is 3.94. The Bertz CT molecular complexity index is 931. The zero-order valence-corrected chi connectivity index (χ0v) is 14.9. The minimum Gasteiger partial charge on any atom is -0.463 e. The van der Waals surface area contributed by atoms with Gasteiger partial charge < -0.3 is 20.8 Å². The van der Waals surface area contributed by atoms with Crippen LogP contribution >= 0.6 is 0 Å². The van der Waals surface area contributed by atoms with E-state index >= 15 is 0 Å². The standard InChI is InChI=1S/C19H21N5O3/c1-24-16(17-7-3-10-27-17)12-15(23-24)19(26)22-14-6-2-5-13(11-14)18(25)21-9-4-8-20/h2-3,5-7,10-12H,4,8-9,20H2,1H3,(H,21,25)(H,22,26). The summed E-state index contributed by atoms with van der Waals surface area (Å²) in [7, 11) is 1.74. The van der Waals surface area contributed by atoms with Gasteiger partial charge in [0.25, 0.3) is 11.8 Å². The Hall–Kier alpha value is -3.39. The number of carbonyl (C=O) groups is 2. The van der Waals surface area contributed by atoms with Crippen molar-refractivity contribution in [1.82, 2.24) is 15.1 Å². The number of aryl methyl sites for hydroxylation is 1. The number of rotatable bonds is 7. The summed E-state index contributed by atoms with van der Waals surface area (Å²) in [6, 6.07) is 11.9. The highest BCUT2D eigenvalue weighted by atomic mass is 16.3. The first-order valence-corrected chi connectivity index (χ1v) is 8.56. The van der Waals surface area contributed by atoms with Gasteiger partial charge in [-0.05, 0) is 43.3 Å². The molecule has 140 valence electrons. The van der Waals surface area contributed by atoms with Crippen molar-refractivity contribution in [2.75, 3.05) is 18.4 Å². The van der Waals surface area contributed by atoms with Gasteiger partial charge in [-0.15, -0.1) is 0 Å². The number of amides is 2. The van der Waals surface area contributed by atoms with Crippen molar-refractivity contribution in [3.8, 4) is 11.5 Å². The molecule has 0 aliphatic heterocycles. The maximum atomic E-state index is 12.5. The molecule has 0 saturated heterocycles. The van der Waals surface area contributed by atoms with Gasteiger partial charge >= 0.3 is 0 Å². The van der Waals surface area contributed by atoms with Gasteiger partial charge in [0, 0.05) is 30.9 Å². The number of carbonyl (C=O) groups excluding carboxylic acids is 2. The largest absolute Gasteiger partial charge is 0.463 e. The van der Waals surface area contributed by atoms with Crippen LogP contribution in [0.15, 0.2) is 53.1 Å². The highest BCUT2D eigenvalue weighted by Gasteiger charge is 2.16. The Balaban J connectivity index is 1.70. The van der Waals surface area contributed by atoms with E-state index in [4.69, 9.17) is 10.2 Å². The number of hydrogen-bond donors (Lipinski definition) is 3. The molecule has 27 heavy (non-hydrogen) atoms. The average molecular weight is 367 g/mol. The number of nitrogens with zero attached hydrogens (tertiary/aromatic N) is 2. The molecule has 4 N–H and O–H groups in total. The summed E-state index contributed by atoms with van der Waals surface area (Å²) >= 11 is 0. The number of benzene rings is 1. The summed E-state index contributed by atoms with van der Waals surface area (Å²) in [5.41, 5.74) is 7.33. The molecule has 0 bridgehead atoms. The number of nitrogens with one attached hydrogen (secondary N) is 2. The van der Waals surface area contributed by atoms with Crippen LogP contribution in [-0.2, 0) is 7.05 Å². The van der Waals surface area contributed by atoms with Gasteiger partial charge in [-0.1, -0.05) is 6.07 Å². The van der Waals surface area contributed by atoms with Crippen molar-refractivity contribution in [2.45, 2.75) is 6.42 Å². The molecule has 8 heteroatoms. The SMILES string of the molecule is Cn1nc(C(=O)Nc2cccc(C(=O)NCCCN)c2)cc1-c1ccco1. The van der Waals surface area contributed by atoms with E-state index < -0.39 is 0 Å². The molecule has 0 atom stereocenters. The molecule has 0 fully saturated rings. The first kappa shape index (κ1) is 18.4. The Morgan fingerprint density at radius 1 is 1.19 bits per heavy atom. The summed E-state index contributed by atoms with van der Waals surface area (Å²) in [4.78, 5) is 24.6. The molecular weight excluding hydrogens is 346 g/mol. The lowest BCUT2D eigenvalue weighted by Crippen LogP contribution is -2.26. The maximum Gasteiger partial charge on any atom is 0.276 e. The Labute approximate surface area is 156 Å². The molecule has 3 rings (SSSR count). The van der Waals surface area contributed by atoms with Crippen LogP contribution in [0.25, 0.3) is 11.5 Å². The lowest BCUT2D eigenvalue weighted by atomic mass is 10.2. The Morgan fingerprint density at radius 3 is 2.78 bits per heavy atom. The third-order valence-corrected chi connectivity index (χ3v) is 3.94. The van der Waals surface area contributed by atoms with Crippen molar-refractivity contribution in [1.29, 1.82) is 0 Å². The third kappa shape index (κ3) is 4.42. The highest BCUT2D eigenvalue weighted by molar-refractivity contribution is 6.04. The van der Waals surface area contributed by atoms with E-state index in [2.05, 4.69) is 15.7 Å². The molecule has 2 heterocycles. The number of anilines is 1. The van der Waals surface area contributed by atoms with Crippen molar-refractivity contribution < 1.29 is 14.0 Å². The van der Waals surface area contributed by atoms with Gasteiger partial charge in [0.2, 0.25) is 0 Å². The fourth-order valence-corrected chi connectivity index (χ4v) is 2.57. The summed E-state index contributed by atoms with van der Waals surface area (Å²) in [6.07, 6.45) is 2.27. The first-order valence-electron chi connectivity index (χ1n) is 8.56. The molecule has 8 nitrogen and oxygen atoms in total. The Morgan fingerprint density at radius 2 is 2.04 bits per heavy atom. The zero-order chi connectivity index (χ0) is 19.2. The van der Waals surface area contributed by atoms with E-state index in [0.717, 1.165) is 0 Å². The van der Waals surface area contributed by atoms with Crippen LogP contribution in [0, 0.1) is 0 Å². The molecule has 2 aromatic heterocycles. The molecule has 0 spiro atoms. The van der Waals surface area contributed by atoms with Crippen LogP contribution in [0.1, 0.15) is 27.3 Å². The molecule has 0 unspecified atom stereocenters. The summed E-state index contributed by atoms with van der Waals surface area (Å²) in [6.45, 7) is 1.02. The van der Waals surface area contributed by atoms with Crippen molar-refractivity contribution in [3.05, 3.63) is 60.0 Å². The molecular formula is C19H21N5O3. The molecule has 0 saturated carbocycles. The van der Waals surface area contributed by atoms with Crippen LogP contribution < -0.4 is 16.4 Å². The first-order chi connectivity index (χ1) is 13.1. The second kappa shape index (κ2) is 8.33. The van der Waals surface area contributed by atoms with Crippen LogP contribution in [0.4, 0.5) is 5.69 Å². The average Bonchev–Trinajstić information content (AvgIpc) is 3.31. The van der Waals surface area contributed by atoms with Crippen molar-refractivity contribution in [2.24, 2.45) is 12.8 Å². The van der Waals surface area contributed by atoms with Gasteiger partial charge in [-0.2, -0.15) is 5.10 Å². The molecule has 3 aromatic rings. The number of nitrogens with two attached hydrogens (primary N) is 1. The fraction of sp³-hybridized carbons (Fsp3) is 0.211. The van der Waals surface area contributed by atoms with Crippen molar-refractivity contribution >= 4 is 17.5 Å². The summed E-state index contributed by atoms with van der Waals surface area (Å²) in [5, 5.41) is 9.77. The lowest BCUT2D eigenvalue weighted by molar-refractivity contribution is 0.0952. The second-order valence-electron chi connectivity index (χ2n) is 5.95. The number of aromatic nitrogens is 2. The zero-order valence-electron chi connectivity index (χ0n) is 14.9. The van der Waals surface area contributed by atoms with Crippen LogP contribution in [-0.4, -0.2) is 34.7 Å². The molecule has 2 amide bonds. The van der Waals surface area contributed by atoms with E-state index in [-0.39, 0.29) is 17.5 Å².